The number of carbonyl (C=O) groups is 2. The fourth-order valence-electron chi connectivity index (χ4n) is 4.55. The average molecular weight is 795 g/mol. The summed E-state index contributed by atoms with van der Waals surface area (Å²) in [4.78, 5) is 78.1. The van der Waals surface area contributed by atoms with Crippen LogP contribution in [0.2, 0.25) is 0 Å². The molecule has 1 unspecified atom stereocenters. The number of hydrogen-bond acceptors (Lipinski definition) is 16. The molecule has 3 N–H and O–H groups in total. The van der Waals surface area contributed by atoms with Gasteiger partial charge in [0.15, 0.2) is 6.04 Å². The summed E-state index contributed by atoms with van der Waals surface area (Å²) >= 11 is 0. The second kappa shape index (κ2) is 18.9. The zero-order valence-corrected chi connectivity index (χ0v) is 31.7. The van der Waals surface area contributed by atoms with Gasteiger partial charge in [-0.1, -0.05) is 56.6 Å². The number of diazo groups is 1. The molecule has 1 aromatic heterocycles. The predicted octanol–water partition coefficient (Wildman–Crippen LogP) is 2.43. The van der Waals surface area contributed by atoms with Crippen LogP contribution in [0.25, 0.3) is 5.08 Å². The average Bonchev–Trinajstić information content (AvgIpc) is 3.54. The second-order valence-electron chi connectivity index (χ2n) is 12.5. The van der Waals surface area contributed by atoms with Crippen molar-refractivity contribution in [3.8, 4) is 11.5 Å². The smallest absolute Gasteiger partial charge is 0.458 e. The molecule has 1 saturated heterocycles. The lowest BCUT2D eigenvalue weighted by Crippen LogP contribution is -2.35. The Morgan fingerprint density at radius 1 is 0.944 bits per heavy atom. The number of nitrogens with zero attached hydrogens (tertiary/aromatic N) is 4. The highest BCUT2D eigenvalue weighted by atomic mass is 31.3. The highest BCUT2D eigenvalue weighted by Gasteiger charge is 2.53. The van der Waals surface area contributed by atoms with Gasteiger partial charge < -0.3 is 24.0 Å². The molecule has 2 heterocycles. The van der Waals surface area contributed by atoms with Crippen LogP contribution in [0.3, 0.4) is 0 Å². The molecule has 20 nitrogen and oxygen atoms in total. The zero-order chi connectivity index (χ0) is 39.6. The van der Waals surface area contributed by atoms with Crippen LogP contribution in [-0.2, 0) is 50.0 Å². The minimum absolute atomic E-state index is 0.0479. The number of ether oxygens (including phenoxy) is 3. The van der Waals surface area contributed by atoms with Crippen molar-refractivity contribution in [3.63, 3.8) is 0 Å². The number of esters is 2. The van der Waals surface area contributed by atoms with Gasteiger partial charge in [-0.25, -0.2) is 4.79 Å². The summed E-state index contributed by atoms with van der Waals surface area (Å²) in [5.41, 5.74) is 3.30. The number of hydrogen-bond donors (Lipinski definition) is 2. The number of nitrogens with two attached hydrogens (primary N) is 1. The maximum Gasteiger partial charge on any atom is 0.458 e. The van der Waals surface area contributed by atoms with Gasteiger partial charge in [0.05, 0.1) is 11.8 Å². The van der Waals surface area contributed by atoms with Crippen molar-refractivity contribution < 1.29 is 56.1 Å². The molecule has 3 aromatic rings. The van der Waals surface area contributed by atoms with Crippen LogP contribution >= 0.6 is 16.3 Å². The molecule has 1 aliphatic heterocycles. The Bertz CT molecular complexity index is 1830. The van der Waals surface area contributed by atoms with Crippen LogP contribution in [0.15, 0.2) is 64.3 Å². The van der Waals surface area contributed by atoms with Crippen LogP contribution < -0.4 is 41.8 Å². The van der Waals surface area contributed by atoms with Gasteiger partial charge in [0, 0.05) is 22.5 Å². The molecule has 0 bridgehead atoms. The van der Waals surface area contributed by atoms with Gasteiger partial charge in [-0.15, -0.1) is 0 Å². The first-order valence-corrected chi connectivity index (χ1v) is 19.3. The van der Waals surface area contributed by atoms with Crippen molar-refractivity contribution >= 4 is 28.3 Å². The molecule has 1 aliphatic rings. The molecule has 54 heavy (non-hydrogen) atoms. The van der Waals surface area contributed by atoms with Crippen LogP contribution in [0, 0.1) is 24.2 Å². The number of aromatic nitrogens is 2. The van der Waals surface area contributed by atoms with E-state index < -0.39 is 77.7 Å². The van der Waals surface area contributed by atoms with E-state index in [2.05, 4.69) is 20.1 Å². The number of aromatic amines is 1. The molecule has 1 radical (unpaired) electrons. The van der Waals surface area contributed by atoms with Crippen molar-refractivity contribution in [2.24, 2.45) is 17.7 Å². The topological polar surface area (TPSA) is 277 Å². The molecule has 4 atom stereocenters. The Morgan fingerprint density at radius 3 is 1.93 bits per heavy atom. The van der Waals surface area contributed by atoms with Crippen molar-refractivity contribution in [1.29, 1.82) is 5.39 Å². The number of phosphoric ester groups is 1. The molecule has 0 amide bonds. The number of carbonyl (C=O) groups excluding carboxylic acids is 2. The molecular weight excluding hydrogens is 754 g/mol. The molecule has 0 aliphatic carbocycles. The quantitative estimate of drug-likeness (QED) is 0.0615. The number of benzene rings is 2. The van der Waals surface area contributed by atoms with Gasteiger partial charge in [-0.2, -0.15) is 19.5 Å². The fraction of sp³-hybridized carbons (Fsp3) is 0.438. The summed E-state index contributed by atoms with van der Waals surface area (Å²) in [7, 11) is -9.94. The van der Waals surface area contributed by atoms with E-state index in [1.165, 1.54) is 61.7 Å². The minimum atomic E-state index is -5.03. The molecule has 0 spiro atoms. The van der Waals surface area contributed by atoms with E-state index in [0.717, 1.165) is 4.57 Å². The highest BCUT2D eigenvalue weighted by molar-refractivity contribution is 7.67. The second-order valence-corrected chi connectivity index (χ2v) is 15.9. The van der Waals surface area contributed by atoms with E-state index >= 15 is 0 Å². The van der Waals surface area contributed by atoms with Gasteiger partial charge in [-0.05, 0) is 42.3 Å². The third-order valence-corrected chi connectivity index (χ3v) is 10.8. The van der Waals surface area contributed by atoms with E-state index in [4.69, 9.17) is 43.4 Å². The van der Waals surface area contributed by atoms with Gasteiger partial charge in [0.1, 0.15) is 49.1 Å². The Hall–Kier alpha value is -4.22. The third-order valence-electron chi connectivity index (χ3n) is 7.59. The summed E-state index contributed by atoms with van der Waals surface area (Å²) in [6.45, 7) is 6.63. The Labute approximate surface area is 310 Å². The summed E-state index contributed by atoms with van der Waals surface area (Å²) < 4.78 is 43.6. The first-order chi connectivity index (χ1) is 25.5. The largest absolute Gasteiger partial charge is 0.602 e. The van der Waals surface area contributed by atoms with Gasteiger partial charge >= 0.3 is 39.1 Å². The van der Waals surface area contributed by atoms with E-state index in [1.54, 1.807) is 27.7 Å². The lowest BCUT2D eigenvalue weighted by Gasteiger charge is -2.29. The number of aryl methyl sites for hydroxylation is 1. The molecule has 0 saturated carbocycles. The normalized spacial score (nSPS) is 18.3. The molecule has 22 heteroatoms. The van der Waals surface area contributed by atoms with Crippen LogP contribution in [0.4, 0.5) is 0 Å². The third kappa shape index (κ3) is 11.9. The Morgan fingerprint density at radius 2 is 1.46 bits per heavy atom. The lowest BCUT2D eigenvalue weighted by atomic mass is 10.1. The van der Waals surface area contributed by atoms with E-state index in [0.29, 0.717) is 11.1 Å². The number of nitrogens with one attached hydrogen (secondary N) is 1. The van der Waals surface area contributed by atoms with E-state index in [-0.39, 0.29) is 35.3 Å². The van der Waals surface area contributed by atoms with Crippen molar-refractivity contribution in [2.45, 2.75) is 72.6 Å². The van der Waals surface area contributed by atoms with Gasteiger partial charge in [-0.3, -0.25) is 23.9 Å². The van der Waals surface area contributed by atoms with Crippen molar-refractivity contribution in [2.75, 3.05) is 6.61 Å². The number of phosphoric acid groups is 2. The molecule has 4 rings (SSSR count). The van der Waals surface area contributed by atoms with E-state index in [9.17, 15) is 29.0 Å². The standard InChI is InChI=1S/C32H40N6O14P2/c1-19(2)30(40)48-24-10-6-22(7-11-24)16-45-53(43,46-17-23-8-12-25(13-9-23)49-31(41)20(3)4)52-54(44,51-34)47-18-27-26(36-37-33)14-28(50-27)38-15-21(5)29(39)35-32(38)42/h6-13,15,19-20,26-28H,14,16-18,34H2,1-5H3,(H,35,39,42)/q+1/t26-,27+,28+,54?/m0/s1. The summed E-state index contributed by atoms with van der Waals surface area (Å²) in [5, 5.41) is 11.9. The van der Waals surface area contributed by atoms with Crippen molar-refractivity contribution in [3.05, 3.63) is 97.3 Å². The Balaban J connectivity index is 1.50. The SMILES string of the molecule is Cc1cn([C@H]2C[C@H]([N][N+]#N)[C@@H](CO[P+]([O-])(ON)O[P+]([O-])(OCc3ccc(OC(=O)C(C)C)cc3)OCc3ccc(OC(=O)C(C)C)cc3)O2)c(=O)[nH]c1=O. The number of H-pyrrole nitrogens is 1. The highest BCUT2D eigenvalue weighted by Crippen LogP contribution is 2.70. The Kier molecular flexibility index (Phi) is 14.9. The maximum absolute atomic E-state index is 14.0. The van der Waals surface area contributed by atoms with Crippen LogP contribution in [0.1, 0.15) is 57.0 Å². The van der Waals surface area contributed by atoms with Gasteiger partial charge in [0.2, 0.25) is 0 Å². The molecule has 2 aromatic carbocycles. The first kappa shape index (κ1) is 42.5. The van der Waals surface area contributed by atoms with Crippen LogP contribution in [-0.4, -0.2) is 40.2 Å². The maximum atomic E-state index is 14.0. The molecule has 291 valence electrons. The number of rotatable bonds is 18. The molecular formula is C32H40N6O14P2+. The molecule has 1 fully saturated rings. The monoisotopic (exact) mass is 794 g/mol. The predicted molar refractivity (Wildman–Crippen MR) is 185 cm³/mol. The van der Waals surface area contributed by atoms with Crippen LogP contribution in [0.5, 0.6) is 11.5 Å². The summed E-state index contributed by atoms with van der Waals surface area (Å²) in [6, 6.07) is 11.0. The fourth-order valence-corrected chi connectivity index (χ4v) is 7.33. The lowest BCUT2D eigenvalue weighted by molar-refractivity contribution is -0.273. The van der Waals surface area contributed by atoms with E-state index in [1.807, 2.05) is 0 Å². The first-order valence-electron chi connectivity index (χ1n) is 16.4. The minimum Gasteiger partial charge on any atom is -0.602 e. The summed E-state index contributed by atoms with van der Waals surface area (Å²) in [6.07, 6.45) is -0.977. The summed E-state index contributed by atoms with van der Waals surface area (Å²) in [5.74, 6) is 4.19. The van der Waals surface area contributed by atoms with Gasteiger partial charge in [0.25, 0.3) is 11.0 Å². The van der Waals surface area contributed by atoms with Crippen molar-refractivity contribution in [1.82, 2.24) is 15.0 Å². The zero-order valence-electron chi connectivity index (χ0n) is 29.9.